The topological polar surface area (TPSA) is 26.0 Å². The van der Waals surface area contributed by atoms with Gasteiger partial charge in [-0.1, -0.05) is 11.6 Å². The predicted octanol–water partition coefficient (Wildman–Crippen LogP) is 2.24. The Morgan fingerprint density at radius 1 is 1.64 bits per heavy atom. The monoisotopic (exact) mass is 193 g/mol. The standard InChI is InChI=1S/C7H9ClFNS/c8-7-2-1-6(11-7)3-5(9)4-10/h1-2,5H,3-4,10H2. The number of hydrogen-bond acceptors (Lipinski definition) is 2. The van der Waals surface area contributed by atoms with Crippen LogP contribution in [-0.2, 0) is 6.42 Å². The lowest BCUT2D eigenvalue weighted by Gasteiger charge is -2.00. The molecule has 0 radical (unpaired) electrons. The normalized spacial score (nSPS) is 13.4. The molecule has 0 aliphatic heterocycles. The highest BCUT2D eigenvalue weighted by Crippen LogP contribution is 2.22. The summed E-state index contributed by atoms with van der Waals surface area (Å²) in [4.78, 5) is 0.952. The van der Waals surface area contributed by atoms with E-state index in [0.29, 0.717) is 10.8 Å². The van der Waals surface area contributed by atoms with Gasteiger partial charge in [-0.25, -0.2) is 4.39 Å². The lowest BCUT2D eigenvalue weighted by atomic mass is 10.2. The second kappa shape index (κ2) is 4.04. The minimum absolute atomic E-state index is 0.0789. The highest BCUT2D eigenvalue weighted by molar-refractivity contribution is 7.16. The van der Waals surface area contributed by atoms with Crippen LogP contribution in [0.3, 0.4) is 0 Å². The van der Waals surface area contributed by atoms with Crippen LogP contribution < -0.4 is 5.73 Å². The van der Waals surface area contributed by atoms with Crippen molar-refractivity contribution in [1.29, 1.82) is 0 Å². The minimum atomic E-state index is -0.940. The first kappa shape index (κ1) is 8.97. The van der Waals surface area contributed by atoms with E-state index in [1.807, 2.05) is 6.07 Å². The maximum atomic E-state index is 12.7. The molecule has 62 valence electrons. The van der Waals surface area contributed by atoms with Crippen LogP contribution in [0.4, 0.5) is 4.39 Å². The Balaban J connectivity index is 2.50. The summed E-state index contributed by atoms with van der Waals surface area (Å²) in [6, 6.07) is 3.60. The van der Waals surface area contributed by atoms with E-state index in [2.05, 4.69) is 0 Å². The van der Waals surface area contributed by atoms with Crippen LogP contribution in [0.25, 0.3) is 0 Å². The molecular weight excluding hydrogens is 185 g/mol. The van der Waals surface area contributed by atoms with Crippen molar-refractivity contribution in [3.63, 3.8) is 0 Å². The predicted molar refractivity (Wildman–Crippen MR) is 47.0 cm³/mol. The lowest BCUT2D eigenvalue weighted by Crippen LogP contribution is -2.16. The van der Waals surface area contributed by atoms with E-state index in [0.717, 1.165) is 4.88 Å². The van der Waals surface area contributed by atoms with E-state index in [1.54, 1.807) is 6.07 Å². The lowest BCUT2D eigenvalue weighted by molar-refractivity contribution is 0.342. The highest BCUT2D eigenvalue weighted by Gasteiger charge is 2.06. The van der Waals surface area contributed by atoms with Gasteiger partial charge in [-0.15, -0.1) is 11.3 Å². The van der Waals surface area contributed by atoms with Gasteiger partial charge in [0.1, 0.15) is 6.17 Å². The number of nitrogens with two attached hydrogens (primary N) is 1. The highest BCUT2D eigenvalue weighted by atomic mass is 35.5. The van der Waals surface area contributed by atoms with Gasteiger partial charge in [-0.2, -0.15) is 0 Å². The molecular formula is C7H9ClFNS. The first-order valence-corrected chi connectivity index (χ1v) is 4.50. The molecule has 0 fully saturated rings. The molecule has 1 nitrogen and oxygen atoms in total. The van der Waals surface area contributed by atoms with Crippen molar-refractivity contribution >= 4 is 22.9 Å². The van der Waals surface area contributed by atoms with Gasteiger partial charge in [-0.05, 0) is 12.1 Å². The van der Waals surface area contributed by atoms with Gasteiger partial charge in [-0.3, -0.25) is 0 Å². The molecule has 11 heavy (non-hydrogen) atoms. The van der Waals surface area contributed by atoms with Gasteiger partial charge in [0.05, 0.1) is 4.34 Å². The average molecular weight is 194 g/mol. The molecule has 1 atom stereocenters. The zero-order valence-corrected chi connectivity index (χ0v) is 7.46. The van der Waals surface area contributed by atoms with Gasteiger partial charge in [0, 0.05) is 17.8 Å². The van der Waals surface area contributed by atoms with E-state index in [1.165, 1.54) is 11.3 Å². The molecule has 4 heteroatoms. The van der Waals surface area contributed by atoms with Gasteiger partial charge in [0.25, 0.3) is 0 Å². The Morgan fingerprint density at radius 3 is 2.82 bits per heavy atom. The van der Waals surface area contributed by atoms with Gasteiger partial charge in [0.2, 0.25) is 0 Å². The summed E-state index contributed by atoms with van der Waals surface area (Å²) in [5.74, 6) is 0. The molecule has 1 aromatic heterocycles. The number of halogens is 2. The molecule has 0 aliphatic rings. The molecule has 0 amide bonds. The Hall–Kier alpha value is -0.120. The molecule has 0 saturated heterocycles. The van der Waals surface area contributed by atoms with E-state index < -0.39 is 6.17 Å². The van der Waals surface area contributed by atoms with E-state index >= 15 is 0 Å². The number of rotatable bonds is 3. The summed E-state index contributed by atoms with van der Waals surface area (Å²) in [6.45, 7) is 0.0789. The Morgan fingerprint density at radius 2 is 2.36 bits per heavy atom. The Labute approximate surface area is 74.0 Å². The van der Waals surface area contributed by atoms with Crippen molar-refractivity contribution in [1.82, 2.24) is 0 Å². The van der Waals surface area contributed by atoms with E-state index in [9.17, 15) is 4.39 Å². The number of alkyl halides is 1. The summed E-state index contributed by atoms with van der Waals surface area (Å²) >= 11 is 7.05. The maximum Gasteiger partial charge on any atom is 0.117 e. The SMILES string of the molecule is NCC(F)Cc1ccc(Cl)s1. The zero-order valence-electron chi connectivity index (χ0n) is 5.89. The molecule has 1 heterocycles. The van der Waals surface area contributed by atoms with Crippen LogP contribution in [0.5, 0.6) is 0 Å². The molecule has 2 N–H and O–H groups in total. The number of hydrogen-bond donors (Lipinski definition) is 1. The summed E-state index contributed by atoms with van der Waals surface area (Å²) in [7, 11) is 0. The zero-order chi connectivity index (χ0) is 8.27. The van der Waals surface area contributed by atoms with Crippen molar-refractivity contribution in [2.24, 2.45) is 5.73 Å². The Bertz CT molecular complexity index is 226. The summed E-state index contributed by atoms with van der Waals surface area (Å²) in [5, 5.41) is 0. The van der Waals surface area contributed by atoms with E-state index in [4.69, 9.17) is 17.3 Å². The maximum absolute atomic E-state index is 12.7. The fraction of sp³-hybridized carbons (Fsp3) is 0.429. The second-order valence-corrected chi connectivity index (χ2v) is 4.04. The van der Waals surface area contributed by atoms with Crippen LogP contribution in [0, 0.1) is 0 Å². The average Bonchev–Trinajstić information content (AvgIpc) is 2.35. The molecule has 0 saturated carbocycles. The van der Waals surface area contributed by atoms with Gasteiger partial charge >= 0.3 is 0 Å². The molecule has 0 aromatic carbocycles. The van der Waals surface area contributed by atoms with Crippen LogP contribution in [-0.4, -0.2) is 12.7 Å². The molecule has 0 spiro atoms. The quantitative estimate of drug-likeness (QED) is 0.783. The van der Waals surface area contributed by atoms with Crippen LogP contribution in [0.2, 0.25) is 4.34 Å². The third kappa shape index (κ3) is 2.77. The molecule has 1 unspecified atom stereocenters. The number of thiophene rings is 1. The van der Waals surface area contributed by atoms with Crippen molar-refractivity contribution in [2.75, 3.05) is 6.54 Å². The minimum Gasteiger partial charge on any atom is -0.328 e. The van der Waals surface area contributed by atoms with Crippen molar-refractivity contribution in [2.45, 2.75) is 12.6 Å². The largest absolute Gasteiger partial charge is 0.328 e. The van der Waals surface area contributed by atoms with E-state index in [-0.39, 0.29) is 6.54 Å². The molecule has 1 rings (SSSR count). The third-order valence-corrected chi connectivity index (χ3v) is 2.56. The third-order valence-electron chi connectivity index (χ3n) is 1.31. The first-order chi connectivity index (χ1) is 5.22. The summed E-state index contributed by atoms with van der Waals surface area (Å²) in [6.07, 6.45) is -0.557. The van der Waals surface area contributed by atoms with Crippen LogP contribution in [0.1, 0.15) is 4.88 Å². The summed E-state index contributed by atoms with van der Waals surface area (Å²) < 4.78 is 13.4. The fourth-order valence-corrected chi connectivity index (χ4v) is 1.91. The smallest absolute Gasteiger partial charge is 0.117 e. The molecule has 0 aliphatic carbocycles. The molecule has 1 aromatic rings. The first-order valence-electron chi connectivity index (χ1n) is 3.30. The van der Waals surface area contributed by atoms with Crippen molar-refractivity contribution in [3.05, 3.63) is 21.3 Å². The van der Waals surface area contributed by atoms with Crippen LogP contribution >= 0.6 is 22.9 Å². The van der Waals surface area contributed by atoms with Crippen molar-refractivity contribution < 1.29 is 4.39 Å². The van der Waals surface area contributed by atoms with Gasteiger partial charge in [0.15, 0.2) is 0 Å². The fourth-order valence-electron chi connectivity index (χ4n) is 0.763. The second-order valence-electron chi connectivity index (χ2n) is 2.24. The molecule has 0 bridgehead atoms. The summed E-state index contributed by atoms with van der Waals surface area (Å²) in [5.41, 5.74) is 5.12. The van der Waals surface area contributed by atoms with Gasteiger partial charge < -0.3 is 5.73 Å². The Kier molecular flexibility index (Phi) is 3.30. The van der Waals surface area contributed by atoms with Crippen LogP contribution in [0.15, 0.2) is 12.1 Å². The van der Waals surface area contributed by atoms with Crippen molar-refractivity contribution in [3.8, 4) is 0 Å².